The second-order valence-electron chi connectivity index (χ2n) is 9.47. The average molecular weight is 444 g/mol. The fourth-order valence-corrected chi connectivity index (χ4v) is 4.25. The molecule has 8 heteroatoms. The molecule has 3 aliphatic rings. The lowest BCUT2D eigenvalue weighted by Gasteiger charge is -2.42. The minimum absolute atomic E-state index is 0.0258. The zero-order valence-electron chi connectivity index (χ0n) is 19.1. The summed E-state index contributed by atoms with van der Waals surface area (Å²) in [6.45, 7) is 4.69. The van der Waals surface area contributed by atoms with Crippen LogP contribution in [0.25, 0.3) is 0 Å². The number of rotatable bonds is 6. The zero-order chi connectivity index (χ0) is 22.8. The Kier molecular flexibility index (Phi) is 6.69. The van der Waals surface area contributed by atoms with E-state index in [-0.39, 0.29) is 41.9 Å². The van der Waals surface area contributed by atoms with Gasteiger partial charge in [-0.2, -0.15) is 0 Å². The van der Waals surface area contributed by atoms with Gasteiger partial charge in [-0.3, -0.25) is 14.4 Å². The number of fused-ring (bicyclic) bond motifs is 2. The van der Waals surface area contributed by atoms with Crippen molar-refractivity contribution in [2.24, 2.45) is 11.8 Å². The Hall–Kier alpha value is -2.61. The van der Waals surface area contributed by atoms with Crippen LogP contribution in [0.1, 0.15) is 56.3 Å². The Labute approximate surface area is 189 Å². The molecule has 1 aromatic carbocycles. The highest BCUT2D eigenvalue weighted by atomic mass is 16.5. The molecule has 1 saturated carbocycles. The molecule has 0 radical (unpaired) electrons. The van der Waals surface area contributed by atoms with Gasteiger partial charge in [0.25, 0.3) is 5.91 Å². The summed E-state index contributed by atoms with van der Waals surface area (Å²) >= 11 is 0. The number of ether oxygens (including phenoxy) is 2. The third-order valence-corrected chi connectivity index (χ3v) is 6.50. The van der Waals surface area contributed by atoms with Crippen molar-refractivity contribution in [1.29, 1.82) is 0 Å². The maximum absolute atomic E-state index is 13.2. The lowest BCUT2D eigenvalue weighted by molar-refractivity contribution is -0.134. The largest absolute Gasteiger partial charge is 0.490 e. The van der Waals surface area contributed by atoms with Gasteiger partial charge in [0.05, 0.1) is 24.1 Å². The number of carbonyl (C=O) groups excluding carboxylic acids is 3. The predicted molar refractivity (Wildman–Crippen MR) is 120 cm³/mol. The number of likely N-dealkylation sites (N-methyl/N-ethyl adjacent to an activating group) is 1. The fraction of sp³-hybridized carbons (Fsp3) is 0.625. The standard InChI is InChI=1S/C24H33N3O5/c1-14(2)23(29)26-16-6-9-20-18(10-16)24(30)27(3)19-8-7-17(32-21(19)13-31-20)11-22(28)25-12-15-4-5-15/h6,9-10,14-15,17,19,21H,4-5,7-8,11-13H2,1-3H3,(H,25,28)(H,26,29)/t17-,19+,21-/m1/s1. The molecule has 2 aliphatic heterocycles. The normalized spacial score (nSPS) is 25.2. The first-order valence-corrected chi connectivity index (χ1v) is 11.6. The van der Waals surface area contributed by atoms with Gasteiger partial charge in [-0.05, 0) is 49.8 Å². The van der Waals surface area contributed by atoms with Crippen molar-refractivity contribution in [2.45, 2.75) is 64.2 Å². The molecular weight excluding hydrogens is 410 g/mol. The van der Waals surface area contributed by atoms with Crippen LogP contribution in [0.3, 0.4) is 0 Å². The van der Waals surface area contributed by atoms with Gasteiger partial charge in [-0.1, -0.05) is 13.8 Å². The molecular formula is C24H33N3O5. The molecule has 3 atom stereocenters. The number of carbonyl (C=O) groups is 3. The van der Waals surface area contributed by atoms with Gasteiger partial charge in [0.15, 0.2) is 0 Å². The van der Waals surface area contributed by atoms with Crippen molar-refractivity contribution in [2.75, 3.05) is 25.5 Å². The molecule has 3 amide bonds. The van der Waals surface area contributed by atoms with Crippen molar-refractivity contribution in [1.82, 2.24) is 10.2 Å². The molecule has 32 heavy (non-hydrogen) atoms. The second kappa shape index (κ2) is 9.48. The van der Waals surface area contributed by atoms with E-state index in [4.69, 9.17) is 9.47 Å². The van der Waals surface area contributed by atoms with Crippen LogP contribution in [0.5, 0.6) is 5.75 Å². The highest BCUT2D eigenvalue weighted by Gasteiger charge is 2.39. The van der Waals surface area contributed by atoms with E-state index in [2.05, 4.69) is 10.6 Å². The summed E-state index contributed by atoms with van der Waals surface area (Å²) in [6, 6.07) is 4.99. The van der Waals surface area contributed by atoms with Crippen LogP contribution in [-0.2, 0) is 14.3 Å². The maximum Gasteiger partial charge on any atom is 0.257 e. The number of nitrogens with one attached hydrogen (secondary N) is 2. The molecule has 2 heterocycles. The fourth-order valence-electron chi connectivity index (χ4n) is 4.25. The third-order valence-electron chi connectivity index (χ3n) is 6.50. The van der Waals surface area contributed by atoms with Gasteiger partial charge in [-0.15, -0.1) is 0 Å². The highest BCUT2D eigenvalue weighted by Crippen LogP contribution is 2.33. The molecule has 2 N–H and O–H groups in total. The van der Waals surface area contributed by atoms with Crippen LogP contribution in [-0.4, -0.2) is 61.1 Å². The quantitative estimate of drug-likeness (QED) is 0.704. The minimum Gasteiger partial charge on any atom is -0.490 e. The summed E-state index contributed by atoms with van der Waals surface area (Å²) in [4.78, 5) is 39.2. The van der Waals surface area contributed by atoms with Crippen LogP contribution in [0.4, 0.5) is 5.69 Å². The lowest BCUT2D eigenvalue weighted by atomic mass is 9.94. The summed E-state index contributed by atoms with van der Waals surface area (Å²) in [5.41, 5.74) is 0.996. The first-order chi connectivity index (χ1) is 15.3. The second-order valence-corrected chi connectivity index (χ2v) is 9.47. The summed E-state index contributed by atoms with van der Waals surface area (Å²) in [7, 11) is 1.78. The topological polar surface area (TPSA) is 97.0 Å². The summed E-state index contributed by atoms with van der Waals surface area (Å²) in [5.74, 6) is 0.711. The van der Waals surface area contributed by atoms with Crippen molar-refractivity contribution in [3.63, 3.8) is 0 Å². The number of hydrogen-bond donors (Lipinski definition) is 2. The molecule has 8 nitrogen and oxygen atoms in total. The minimum atomic E-state index is -0.299. The van der Waals surface area contributed by atoms with Gasteiger partial charge >= 0.3 is 0 Å². The lowest BCUT2D eigenvalue weighted by Crippen LogP contribution is -2.54. The van der Waals surface area contributed by atoms with Crippen LogP contribution in [0.2, 0.25) is 0 Å². The van der Waals surface area contributed by atoms with Crippen LogP contribution < -0.4 is 15.4 Å². The molecule has 2 fully saturated rings. The molecule has 174 valence electrons. The van der Waals surface area contributed by atoms with E-state index in [9.17, 15) is 14.4 Å². The first kappa shape index (κ1) is 22.6. The number of anilines is 1. The van der Waals surface area contributed by atoms with E-state index in [1.807, 2.05) is 13.8 Å². The van der Waals surface area contributed by atoms with Crippen LogP contribution in [0, 0.1) is 11.8 Å². The van der Waals surface area contributed by atoms with E-state index in [0.717, 1.165) is 13.0 Å². The molecule has 0 spiro atoms. The van der Waals surface area contributed by atoms with Crippen molar-refractivity contribution in [3.8, 4) is 5.75 Å². The first-order valence-electron chi connectivity index (χ1n) is 11.6. The number of nitrogens with zero attached hydrogens (tertiary/aromatic N) is 1. The molecule has 0 bridgehead atoms. The van der Waals surface area contributed by atoms with Gasteiger partial charge in [0.1, 0.15) is 18.5 Å². The van der Waals surface area contributed by atoms with E-state index in [1.54, 1.807) is 30.1 Å². The Morgan fingerprint density at radius 3 is 2.69 bits per heavy atom. The number of benzene rings is 1. The smallest absolute Gasteiger partial charge is 0.257 e. The average Bonchev–Trinajstić information content (AvgIpc) is 3.59. The highest BCUT2D eigenvalue weighted by molar-refractivity contribution is 6.00. The Balaban J connectivity index is 1.42. The van der Waals surface area contributed by atoms with Crippen molar-refractivity contribution >= 4 is 23.4 Å². The maximum atomic E-state index is 13.2. The Morgan fingerprint density at radius 2 is 1.97 bits per heavy atom. The van der Waals surface area contributed by atoms with Crippen molar-refractivity contribution in [3.05, 3.63) is 23.8 Å². The van der Waals surface area contributed by atoms with Crippen LogP contribution in [0.15, 0.2) is 18.2 Å². The summed E-state index contributed by atoms with van der Waals surface area (Å²) < 4.78 is 12.2. The summed E-state index contributed by atoms with van der Waals surface area (Å²) in [6.07, 6.45) is 3.73. The molecule has 1 aliphatic carbocycles. The monoisotopic (exact) mass is 443 g/mol. The molecule has 1 saturated heterocycles. The Morgan fingerprint density at radius 1 is 1.19 bits per heavy atom. The van der Waals surface area contributed by atoms with E-state index in [0.29, 0.717) is 42.4 Å². The third kappa shape index (κ3) is 5.23. The number of amides is 3. The van der Waals surface area contributed by atoms with Gasteiger partial charge in [0.2, 0.25) is 11.8 Å². The molecule has 4 rings (SSSR count). The van der Waals surface area contributed by atoms with Gasteiger partial charge in [-0.25, -0.2) is 0 Å². The van der Waals surface area contributed by atoms with E-state index < -0.39 is 0 Å². The number of hydrogen-bond acceptors (Lipinski definition) is 5. The van der Waals surface area contributed by atoms with E-state index >= 15 is 0 Å². The molecule has 1 aromatic rings. The summed E-state index contributed by atoms with van der Waals surface area (Å²) in [5, 5.41) is 5.83. The SMILES string of the molecule is CC(C)C(=O)Nc1ccc2c(c1)C(=O)N(C)[C@H]1CC[C@H](CC(=O)NCC3CC3)O[C@@H]1CO2. The van der Waals surface area contributed by atoms with Crippen LogP contribution >= 0.6 is 0 Å². The van der Waals surface area contributed by atoms with E-state index in [1.165, 1.54) is 12.8 Å². The molecule has 0 aromatic heterocycles. The predicted octanol–water partition coefficient (Wildman–Crippen LogP) is 2.58. The van der Waals surface area contributed by atoms with Gasteiger partial charge in [0, 0.05) is 25.2 Å². The Bertz CT molecular complexity index is 882. The zero-order valence-corrected chi connectivity index (χ0v) is 19.1. The van der Waals surface area contributed by atoms with Gasteiger partial charge < -0.3 is 25.0 Å². The molecule has 0 unspecified atom stereocenters. The van der Waals surface area contributed by atoms with Crippen molar-refractivity contribution < 1.29 is 23.9 Å².